The number of halogens is 6. The van der Waals surface area contributed by atoms with Crippen molar-refractivity contribution in [2.24, 2.45) is 29.1 Å². The van der Waals surface area contributed by atoms with Crippen molar-refractivity contribution in [2.45, 2.75) is 105 Å². The maximum absolute atomic E-state index is 13.9. The summed E-state index contributed by atoms with van der Waals surface area (Å²) >= 11 is 0. The third-order valence-corrected chi connectivity index (χ3v) is 6.26. The Bertz CT molecular complexity index is 344. The summed E-state index contributed by atoms with van der Waals surface area (Å²) in [6.07, 6.45) is -8.49. The van der Waals surface area contributed by atoms with E-state index in [-0.39, 0.29) is 37.5 Å². The van der Waals surface area contributed by atoms with Crippen LogP contribution < -0.4 is 0 Å². The highest BCUT2D eigenvalue weighted by atomic mass is 19.4. The maximum atomic E-state index is 13.9. The van der Waals surface area contributed by atoms with E-state index in [2.05, 4.69) is 0 Å². The molecule has 0 aliphatic heterocycles. The van der Waals surface area contributed by atoms with Gasteiger partial charge in [-0.3, -0.25) is 0 Å². The molecule has 2 fully saturated rings. The molecule has 0 spiro atoms. The number of hydrogen-bond donors (Lipinski definition) is 0. The molecule has 27 heavy (non-hydrogen) atoms. The first-order valence-electron chi connectivity index (χ1n) is 10.6. The van der Waals surface area contributed by atoms with Crippen LogP contribution in [0.15, 0.2) is 0 Å². The second kappa shape index (κ2) is 10.9. The first-order valence-corrected chi connectivity index (χ1v) is 10.6. The molecule has 0 nitrogen and oxygen atoms in total. The zero-order chi connectivity index (χ0) is 21.5. The van der Waals surface area contributed by atoms with Crippen molar-refractivity contribution in [3.05, 3.63) is 0 Å². The van der Waals surface area contributed by atoms with E-state index in [1.165, 1.54) is 0 Å². The van der Waals surface area contributed by atoms with Crippen LogP contribution in [0, 0.1) is 29.1 Å². The highest BCUT2D eigenvalue weighted by Crippen LogP contribution is 2.65. The summed E-state index contributed by atoms with van der Waals surface area (Å²) in [4.78, 5) is 0. The molecule has 0 amide bonds. The fourth-order valence-electron chi connectivity index (χ4n) is 4.85. The Morgan fingerprint density at radius 2 is 0.704 bits per heavy atom. The Morgan fingerprint density at radius 1 is 0.481 bits per heavy atom. The van der Waals surface area contributed by atoms with Crippen LogP contribution in [0.2, 0.25) is 0 Å². The van der Waals surface area contributed by atoms with E-state index < -0.39 is 29.6 Å². The fraction of sp³-hybridized carbons (Fsp3) is 1.00. The van der Waals surface area contributed by atoms with E-state index in [4.69, 9.17) is 0 Å². The molecule has 2 aliphatic rings. The highest BCUT2D eigenvalue weighted by molar-refractivity contribution is 5.04. The summed E-state index contributed by atoms with van der Waals surface area (Å²) in [5, 5.41) is 0. The van der Waals surface area contributed by atoms with Crippen molar-refractivity contribution in [3.63, 3.8) is 0 Å². The molecule has 0 bridgehead atoms. The Hall–Kier alpha value is -0.420. The van der Waals surface area contributed by atoms with Crippen molar-refractivity contribution >= 4 is 0 Å². The molecule has 0 aromatic heterocycles. The molecule has 0 aromatic carbocycles. The minimum atomic E-state index is -5.23. The van der Waals surface area contributed by atoms with Crippen molar-refractivity contribution in [2.75, 3.05) is 0 Å². The van der Waals surface area contributed by atoms with E-state index in [0.29, 0.717) is 25.7 Å². The quantitative estimate of drug-likeness (QED) is 0.403. The lowest BCUT2D eigenvalue weighted by atomic mass is 9.56. The smallest absolute Gasteiger partial charge is 0.170 e. The first kappa shape index (κ1) is 26.6. The molecule has 0 atom stereocenters. The van der Waals surface area contributed by atoms with Crippen LogP contribution in [0.1, 0.15) is 92.9 Å². The van der Waals surface area contributed by atoms with Gasteiger partial charge in [-0.05, 0) is 49.4 Å². The van der Waals surface area contributed by atoms with Crippen molar-refractivity contribution in [3.8, 4) is 0 Å². The van der Waals surface area contributed by atoms with Gasteiger partial charge in [-0.25, -0.2) is 0 Å². The largest absolute Gasteiger partial charge is 0.403 e. The Labute approximate surface area is 161 Å². The van der Waals surface area contributed by atoms with E-state index in [1.807, 2.05) is 41.5 Å². The first-order chi connectivity index (χ1) is 12.5. The van der Waals surface area contributed by atoms with Crippen molar-refractivity contribution in [1.82, 2.24) is 0 Å². The van der Waals surface area contributed by atoms with Gasteiger partial charge >= 0.3 is 12.4 Å². The molecular formula is C21H38F6. The Balaban J connectivity index is 0.00000158. The second-order valence-electron chi connectivity index (χ2n) is 7.78. The van der Waals surface area contributed by atoms with Crippen LogP contribution in [0.25, 0.3) is 0 Å². The zero-order valence-corrected chi connectivity index (χ0v) is 17.7. The molecule has 164 valence electrons. The summed E-state index contributed by atoms with van der Waals surface area (Å²) in [6, 6.07) is 0. The molecule has 2 saturated carbocycles. The van der Waals surface area contributed by atoms with Crippen LogP contribution >= 0.6 is 0 Å². The number of alkyl halides is 6. The predicted molar refractivity (Wildman–Crippen MR) is 99.5 cm³/mol. The van der Waals surface area contributed by atoms with Crippen LogP contribution in [0.3, 0.4) is 0 Å². The van der Waals surface area contributed by atoms with Crippen molar-refractivity contribution < 1.29 is 26.3 Å². The summed E-state index contributed by atoms with van der Waals surface area (Å²) in [5.74, 6) is -2.21. The fourth-order valence-corrected chi connectivity index (χ4v) is 4.85. The molecule has 0 aromatic rings. The highest BCUT2D eigenvalue weighted by Gasteiger charge is 2.76. The summed E-state index contributed by atoms with van der Waals surface area (Å²) in [7, 11) is 0. The van der Waals surface area contributed by atoms with Gasteiger partial charge in [0.05, 0.1) is 0 Å². The minimum absolute atomic E-state index is 0.0340. The lowest BCUT2D eigenvalue weighted by Gasteiger charge is -2.51. The van der Waals surface area contributed by atoms with E-state index in [1.54, 1.807) is 0 Å². The zero-order valence-electron chi connectivity index (χ0n) is 17.7. The summed E-state index contributed by atoms with van der Waals surface area (Å²) in [5.41, 5.74) is -3.51. The van der Waals surface area contributed by atoms with Crippen LogP contribution in [-0.2, 0) is 0 Å². The molecule has 0 saturated heterocycles. The Kier molecular flexibility index (Phi) is 10.8. The van der Waals surface area contributed by atoms with E-state index >= 15 is 0 Å². The third kappa shape index (κ3) is 5.79. The van der Waals surface area contributed by atoms with Gasteiger partial charge in [-0.2, -0.15) is 26.3 Å². The standard InChI is InChI=1S/C17H26F6.2C2H6/c1-11-3-7-13(8-4-11)15(16(18,19)20,17(21,22)23)14-9-5-12(2)6-10-14;2*1-2/h11-14H,3-10H2,1-2H3;2*1-2H3. The van der Waals surface area contributed by atoms with Gasteiger partial charge in [-0.1, -0.05) is 67.2 Å². The minimum Gasteiger partial charge on any atom is -0.170 e. The van der Waals surface area contributed by atoms with Gasteiger partial charge in [0.25, 0.3) is 0 Å². The molecule has 0 unspecified atom stereocenters. The number of hydrogen-bond acceptors (Lipinski definition) is 0. The summed E-state index contributed by atoms with van der Waals surface area (Å²) in [6.45, 7) is 11.8. The lowest BCUT2D eigenvalue weighted by molar-refractivity contribution is -0.382. The summed E-state index contributed by atoms with van der Waals surface area (Å²) < 4.78 is 83.5. The second-order valence-corrected chi connectivity index (χ2v) is 7.78. The molecule has 2 rings (SSSR count). The topological polar surface area (TPSA) is 0 Å². The van der Waals surface area contributed by atoms with Crippen LogP contribution in [0.5, 0.6) is 0 Å². The molecule has 0 N–H and O–H groups in total. The lowest BCUT2D eigenvalue weighted by Crippen LogP contribution is -2.60. The normalized spacial score (nSPS) is 29.8. The van der Waals surface area contributed by atoms with Gasteiger partial charge in [0, 0.05) is 0 Å². The van der Waals surface area contributed by atoms with E-state index in [9.17, 15) is 26.3 Å². The monoisotopic (exact) mass is 404 g/mol. The third-order valence-electron chi connectivity index (χ3n) is 6.26. The molecule has 2 aliphatic carbocycles. The molecule has 6 heteroatoms. The SMILES string of the molecule is CC.CC.CC1CCC(C(C2CCC(C)CC2)(C(F)(F)F)C(F)(F)F)CC1. The van der Waals surface area contributed by atoms with Gasteiger partial charge in [-0.15, -0.1) is 0 Å². The van der Waals surface area contributed by atoms with Crippen LogP contribution in [-0.4, -0.2) is 12.4 Å². The molecular weight excluding hydrogens is 366 g/mol. The van der Waals surface area contributed by atoms with Gasteiger partial charge < -0.3 is 0 Å². The van der Waals surface area contributed by atoms with E-state index in [0.717, 1.165) is 0 Å². The van der Waals surface area contributed by atoms with Crippen molar-refractivity contribution in [1.29, 1.82) is 0 Å². The molecule has 0 heterocycles. The average Bonchev–Trinajstić information content (AvgIpc) is 2.60. The van der Waals surface area contributed by atoms with Crippen LogP contribution in [0.4, 0.5) is 26.3 Å². The van der Waals surface area contributed by atoms with Gasteiger partial charge in [0.1, 0.15) is 0 Å². The molecule has 0 radical (unpaired) electrons. The van der Waals surface area contributed by atoms with Gasteiger partial charge in [0.15, 0.2) is 5.41 Å². The maximum Gasteiger partial charge on any atom is 0.403 e. The Morgan fingerprint density at radius 3 is 0.889 bits per heavy atom. The van der Waals surface area contributed by atoms with Gasteiger partial charge in [0.2, 0.25) is 0 Å². The number of rotatable bonds is 2. The average molecular weight is 405 g/mol. The predicted octanol–water partition coefficient (Wildman–Crippen LogP) is 8.80.